The minimum absolute atomic E-state index is 0.000401. The molecule has 1 aromatic carbocycles. The topological polar surface area (TPSA) is 84.9 Å². The minimum Gasteiger partial charge on any atom is -0.484 e. The number of hydrogen-bond acceptors (Lipinski definition) is 4. The predicted molar refractivity (Wildman–Crippen MR) is 79.6 cm³/mol. The van der Waals surface area contributed by atoms with Crippen molar-refractivity contribution in [2.45, 2.75) is 12.8 Å². The maximum absolute atomic E-state index is 12.7. The average molecular weight is 325 g/mol. The van der Waals surface area contributed by atoms with Gasteiger partial charge in [0.2, 0.25) is 0 Å². The van der Waals surface area contributed by atoms with Crippen LogP contribution in [-0.2, 0) is 14.3 Å². The highest BCUT2D eigenvalue weighted by molar-refractivity contribution is 5.78. The normalized spacial score (nSPS) is 16.6. The number of nitrogens with one attached hydrogen (secondary N) is 1. The van der Waals surface area contributed by atoms with Crippen molar-refractivity contribution in [3.63, 3.8) is 0 Å². The fourth-order valence-electron chi connectivity index (χ4n) is 2.53. The molecule has 1 saturated heterocycles. The Kier molecular flexibility index (Phi) is 6.34. The van der Waals surface area contributed by atoms with Crippen LogP contribution in [0.3, 0.4) is 0 Å². The number of ether oxygens (including phenoxy) is 2. The molecule has 7 heteroatoms. The van der Waals surface area contributed by atoms with Crippen LogP contribution >= 0.6 is 0 Å². The van der Waals surface area contributed by atoms with Gasteiger partial charge in [-0.05, 0) is 43.0 Å². The van der Waals surface area contributed by atoms with Crippen molar-refractivity contribution in [1.29, 1.82) is 0 Å². The molecule has 23 heavy (non-hydrogen) atoms. The zero-order chi connectivity index (χ0) is 16.7. The lowest BCUT2D eigenvalue weighted by atomic mass is 9.86. The van der Waals surface area contributed by atoms with Crippen LogP contribution in [-0.4, -0.2) is 43.3 Å². The Morgan fingerprint density at radius 1 is 1.30 bits per heavy atom. The van der Waals surface area contributed by atoms with Gasteiger partial charge in [0, 0.05) is 19.8 Å². The Morgan fingerprint density at radius 2 is 1.96 bits per heavy atom. The van der Waals surface area contributed by atoms with Gasteiger partial charge in [-0.25, -0.2) is 4.39 Å². The first kappa shape index (κ1) is 17.2. The molecule has 1 atom stereocenters. The SMILES string of the molecule is O=C(COc1ccc(F)cc1)NCC(C(=O)O)C1CCOCC1. The van der Waals surface area contributed by atoms with E-state index >= 15 is 0 Å². The van der Waals surface area contributed by atoms with Crippen molar-refractivity contribution < 1.29 is 28.6 Å². The van der Waals surface area contributed by atoms with Crippen molar-refractivity contribution in [3.8, 4) is 5.75 Å². The Balaban J connectivity index is 1.77. The zero-order valence-electron chi connectivity index (χ0n) is 12.7. The average Bonchev–Trinajstić information content (AvgIpc) is 2.55. The lowest BCUT2D eigenvalue weighted by Crippen LogP contribution is -2.40. The monoisotopic (exact) mass is 325 g/mol. The molecule has 1 unspecified atom stereocenters. The highest BCUT2D eigenvalue weighted by atomic mass is 19.1. The summed E-state index contributed by atoms with van der Waals surface area (Å²) in [7, 11) is 0. The number of halogens is 1. The summed E-state index contributed by atoms with van der Waals surface area (Å²) in [5.41, 5.74) is 0. The van der Waals surface area contributed by atoms with E-state index < -0.39 is 17.8 Å². The predicted octanol–water partition coefficient (Wildman–Crippen LogP) is 1.45. The van der Waals surface area contributed by atoms with Gasteiger partial charge in [-0.1, -0.05) is 0 Å². The van der Waals surface area contributed by atoms with Crippen LogP contribution in [0.1, 0.15) is 12.8 Å². The molecule has 0 radical (unpaired) electrons. The molecule has 0 bridgehead atoms. The molecule has 1 heterocycles. The largest absolute Gasteiger partial charge is 0.484 e. The standard InChI is InChI=1S/C16H20FNO5/c17-12-1-3-13(4-2-12)23-10-15(19)18-9-14(16(20)21)11-5-7-22-8-6-11/h1-4,11,14H,5-10H2,(H,18,19)(H,20,21). The van der Waals surface area contributed by atoms with E-state index in [-0.39, 0.29) is 24.9 Å². The van der Waals surface area contributed by atoms with Crippen LogP contribution in [0.15, 0.2) is 24.3 Å². The maximum atomic E-state index is 12.7. The number of carbonyl (C=O) groups is 2. The number of hydrogen-bond donors (Lipinski definition) is 2. The van der Waals surface area contributed by atoms with E-state index in [9.17, 15) is 19.1 Å². The highest BCUT2D eigenvalue weighted by Gasteiger charge is 2.29. The fourth-order valence-corrected chi connectivity index (χ4v) is 2.53. The van der Waals surface area contributed by atoms with Gasteiger partial charge >= 0.3 is 5.97 Å². The number of rotatable bonds is 7. The van der Waals surface area contributed by atoms with Gasteiger partial charge in [-0.15, -0.1) is 0 Å². The smallest absolute Gasteiger partial charge is 0.308 e. The third-order valence-corrected chi connectivity index (χ3v) is 3.85. The van der Waals surface area contributed by atoms with Crippen molar-refractivity contribution in [3.05, 3.63) is 30.1 Å². The van der Waals surface area contributed by atoms with Gasteiger partial charge in [0.05, 0.1) is 5.92 Å². The summed E-state index contributed by atoms with van der Waals surface area (Å²) in [6.07, 6.45) is 1.36. The van der Waals surface area contributed by atoms with E-state index in [1.807, 2.05) is 0 Å². The molecule has 1 amide bonds. The number of amides is 1. The second-order valence-electron chi connectivity index (χ2n) is 5.44. The Bertz CT molecular complexity index is 528. The lowest BCUT2D eigenvalue weighted by Gasteiger charge is -2.27. The highest BCUT2D eigenvalue weighted by Crippen LogP contribution is 2.23. The third kappa shape index (κ3) is 5.52. The summed E-state index contributed by atoms with van der Waals surface area (Å²) in [5, 5.41) is 11.9. The van der Waals surface area contributed by atoms with Crippen LogP contribution in [0, 0.1) is 17.7 Å². The summed E-state index contributed by atoms with van der Waals surface area (Å²) in [5.74, 6) is -1.97. The number of aliphatic carboxylic acids is 1. The molecule has 2 N–H and O–H groups in total. The minimum atomic E-state index is -0.920. The van der Waals surface area contributed by atoms with Crippen LogP contribution in [0.5, 0.6) is 5.75 Å². The Hall–Kier alpha value is -2.15. The quantitative estimate of drug-likeness (QED) is 0.792. The van der Waals surface area contributed by atoms with E-state index in [0.29, 0.717) is 31.8 Å². The summed E-state index contributed by atoms with van der Waals surface area (Å²) >= 11 is 0. The van der Waals surface area contributed by atoms with E-state index in [1.54, 1.807) is 0 Å². The molecule has 0 saturated carbocycles. The number of benzene rings is 1. The molecule has 1 fully saturated rings. The second kappa shape index (κ2) is 8.47. The van der Waals surface area contributed by atoms with Crippen LogP contribution in [0.2, 0.25) is 0 Å². The first-order valence-corrected chi connectivity index (χ1v) is 7.52. The first-order valence-electron chi connectivity index (χ1n) is 7.52. The van der Waals surface area contributed by atoms with Crippen LogP contribution < -0.4 is 10.1 Å². The lowest BCUT2D eigenvalue weighted by molar-refractivity contribution is -0.145. The zero-order valence-corrected chi connectivity index (χ0v) is 12.7. The molecular weight excluding hydrogens is 305 g/mol. The number of carboxylic acids is 1. The summed E-state index contributed by atoms with van der Waals surface area (Å²) < 4.78 is 23.2. The van der Waals surface area contributed by atoms with Gasteiger partial charge in [-0.3, -0.25) is 9.59 Å². The van der Waals surface area contributed by atoms with Gasteiger partial charge in [0.25, 0.3) is 5.91 Å². The summed E-state index contributed by atoms with van der Waals surface area (Å²) in [4.78, 5) is 23.1. The van der Waals surface area contributed by atoms with Gasteiger partial charge in [0.1, 0.15) is 11.6 Å². The summed E-state index contributed by atoms with van der Waals surface area (Å²) in [6.45, 7) is 0.920. The van der Waals surface area contributed by atoms with Crippen LogP contribution in [0.4, 0.5) is 4.39 Å². The molecule has 1 aliphatic heterocycles. The van der Waals surface area contributed by atoms with E-state index in [2.05, 4.69) is 5.32 Å². The Morgan fingerprint density at radius 3 is 2.57 bits per heavy atom. The number of carboxylic acid groups (broad SMARTS) is 1. The maximum Gasteiger partial charge on any atom is 0.308 e. The van der Waals surface area contributed by atoms with Gasteiger partial charge in [0.15, 0.2) is 6.61 Å². The van der Waals surface area contributed by atoms with Crippen molar-refractivity contribution in [2.24, 2.45) is 11.8 Å². The molecule has 1 aromatic rings. The van der Waals surface area contributed by atoms with E-state index in [0.717, 1.165) is 0 Å². The first-order chi connectivity index (χ1) is 11.1. The molecule has 126 valence electrons. The van der Waals surface area contributed by atoms with Gasteiger partial charge < -0.3 is 19.9 Å². The second-order valence-corrected chi connectivity index (χ2v) is 5.44. The molecule has 0 aliphatic carbocycles. The van der Waals surface area contributed by atoms with Crippen molar-refractivity contribution in [1.82, 2.24) is 5.32 Å². The fraction of sp³-hybridized carbons (Fsp3) is 0.500. The molecule has 1 aliphatic rings. The van der Waals surface area contributed by atoms with Crippen molar-refractivity contribution in [2.75, 3.05) is 26.4 Å². The molecule has 0 spiro atoms. The molecule has 6 nitrogen and oxygen atoms in total. The van der Waals surface area contributed by atoms with Gasteiger partial charge in [-0.2, -0.15) is 0 Å². The summed E-state index contributed by atoms with van der Waals surface area (Å²) in [6, 6.07) is 5.31. The number of carbonyl (C=O) groups excluding carboxylic acids is 1. The Labute approximate surface area is 133 Å². The van der Waals surface area contributed by atoms with E-state index in [1.165, 1.54) is 24.3 Å². The van der Waals surface area contributed by atoms with Crippen molar-refractivity contribution >= 4 is 11.9 Å². The van der Waals surface area contributed by atoms with E-state index in [4.69, 9.17) is 9.47 Å². The molecule has 2 rings (SSSR count). The third-order valence-electron chi connectivity index (χ3n) is 3.85. The molecule has 0 aromatic heterocycles. The molecular formula is C16H20FNO5. The van der Waals surface area contributed by atoms with Crippen LogP contribution in [0.25, 0.3) is 0 Å².